The Labute approximate surface area is 123 Å². The quantitative estimate of drug-likeness (QED) is 0.779. The highest BCUT2D eigenvalue weighted by Crippen LogP contribution is 2.26. The fourth-order valence-electron chi connectivity index (χ4n) is 1.87. The van der Waals surface area contributed by atoms with Gasteiger partial charge in [-0.1, -0.05) is 17.7 Å². The highest BCUT2D eigenvalue weighted by Gasteiger charge is 2.07. The zero-order valence-corrected chi connectivity index (χ0v) is 12.1. The molecule has 3 nitrogen and oxygen atoms in total. The average Bonchev–Trinajstić information content (AvgIpc) is 2.47. The van der Waals surface area contributed by atoms with Crippen LogP contribution in [0.2, 0.25) is 5.02 Å². The lowest BCUT2D eigenvalue weighted by molar-refractivity contribution is 0.112. The molecule has 0 aromatic heterocycles. The van der Waals surface area contributed by atoms with Crippen molar-refractivity contribution in [2.24, 2.45) is 0 Å². The predicted octanol–water partition coefficient (Wildman–Crippen LogP) is 4.05. The first kappa shape index (κ1) is 14.4. The summed E-state index contributed by atoms with van der Waals surface area (Å²) in [6.07, 6.45) is 0.799. The van der Waals surface area contributed by atoms with Crippen molar-refractivity contribution in [1.29, 1.82) is 0 Å². The van der Waals surface area contributed by atoms with E-state index < -0.39 is 0 Å². The van der Waals surface area contributed by atoms with Crippen LogP contribution in [0.3, 0.4) is 0 Å². The van der Waals surface area contributed by atoms with E-state index in [4.69, 9.17) is 21.1 Å². The molecule has 0 heterocycles. The van der Waals surface area contributed by atoms with E-state index in [1.165, 1.54) is 0 Å². The van der Waals surface area contributed by atoms with Crippen molar-refractivity contribution >= 4 is 17.9 Å². The number of carbonyl (C=O) groups excluding carboxylic acids is 1. The number of aryl methyl sites for hydroxylation is 1. The molecule has 0 spiro atoms. The standard InChI is InChI=1S/C16H15ClO3/c1-11-3-5-14(17)8-16(11)20-10-13-7-12(9-18)4-6-15(13)19-2/h3-9H,10H2,1-2H3. The van der Waals surface area contributed by atoms with Crippen LogP contribution in [0.5, 0.6) is 11.5 Å². The van der Waals surface area contributed by atoms with Gasteiger partial charge in [-0.05, 0) is 42.8 Å². The maximum atomic E-state index is 10.8. The molecule has 2 aromatic carbocycles. The number of benzene rings is 2. The number of rotatable bonds is 5. The minimum absolute atomic E-state index is 0.312. The van der Waals surface area contributed by atoms with Crippen LogP contribution in [0.15, 0.2) is 36.4 Å². The van der Waals surface area contributed by atoms with Gasteiger partial charge in [0, 0.05) is 16.1 Å². The molecular weight excluding hydrogens is 276 g/mol. The van der Waals surface area contributed by atoms with Crippen LogP contribution >= 0.6 is 11.6 Å². The molecule has 0 bridgehead atoms. The molecule has 0 saturated heterocycles. The number of halogens is 1. The normalized spacial score (nSPS) is 10.2. The summed E-state index contributed by atoms with van der Waals surface area (Å²) in [7, 11) is 1.59. The number of ether oxygens (including phenoxy) is 2. The summed E-state index contributed by atoms with van der Waals surface area (Å²) in [6, 6.07) is 10.7. The summed E-state index contributed by atoms with van der Waals surface area (Å²) in [5.41, 5.74) is 2.41. The van der Waals surface area contributed by atoms with Gasteiger partial charge in [0.05, 0.1) is 7.11 Å². The number of hydrogen-bond acceptors (Lipinski definition) is 3. The van der Waals surface area contributed by atoms with Gasteiger partial charge < -0.3 is 9.47 Å². The first-order valence-corrected chi connectivity index (χ1v) is 6.53. The van der Waals surface area contributed by atoms with E-state index in [0.717, 1.165) is 23.2 Å². The smallest absolute Gasteiger partial charge is 0.150 e. The number of hydrogen-bond donors (Lipinski definition) is 0. The molecule has 0 fully saturated rings. The monoisotopic (exact) mass is 290 g/mol. The van der Waals surface area contributed by atoms with E-state index in [9.17, 15) is 4.79 Å². The molecule has 2 aromatic rings. The summed E-state index contributed by atoms with van der Waals surface area (Å²) >= 11 is 5.95. The van der Waals surface area contributed by atoms with E-state index in [1.807, 2.05) is 19.1 Å². The lowest BCUT2D eigenvalue weighted by Gasteiger charge is -2.12. The van der Waals surface area contributed by atoms with Crippen LogP contribution in [0.25, 0.3) is 0 Å². The summed E-state index contributed by atoms with van der Waals surface area (Å²) < 4.78 is 11.0. The Morgan fingerprint density at radius 1 is 1.15 bits per heavy atom. The Morgan fingerprint density at radius 2 is 1.95 bits per heavy atom. The molecule has 0 unspecified atom stereocenters. The van der Waals surface area contributed by atoms with Crippen molar-refractivity contribution in [3.8, 4) is 11.5 Å². The Kier molecular flexibility index (Phi) is 4.64. The molecule has 0 aliphatic rings. The summed E-state index contributed by atoms with van der Waals surface area (Å²) in [6.45, 7) is 2.26. The fourth-order valence-corrected chi connectivity index (χ4v) is 2.03. The SMILES string of the molecule is COc1ccc(C=O)cc1COc1cc(Cl)ccc1C. The van der Waals surface area contributed by atoms with Crippen molar-refractivity contribution in [3.05, 3.63) is 58.1 Å². The molecule has 0 N–H and O–H groups in total. The zero-order valence-electron chi connectivity index (χ0n) is 11.4. The fraction of sp³-hybridized carbons (Fsp3) is 0.188. The lowest BCUT2D eigenvalue weighted by atomic mass is 10.1. The topological polar surface area (TPSA) is 35.5 Å². The highest BCUT2D eigenvalue weighted by atomic mass is 35.5. The second-order valence-corrected chi connectivity index (χ2v) is 4.82. The Balaban J connectivity index is 2.21. The van der Waals surface area contributed by atoms with Crippen molar-refractivity contribution in [3.63, 3.8) is 0 Å². The minimum atomic E-state index is 0.312. The zero-order chi connectivity index (χ0) is 14.5. The molecule has 0 amide bonds. The maximum Gasteiger partial charge on any atom is 0.150 e. The summed E-state index contributed by atoms with van der Waals surface area (Å²) in [5.74, 6) is 1.41. The Bertz CT molecular complexity index is 623. The van der Waals surface area contributed by atoms with Gasteiger partial charge in [0.25, 0.3) is 0 Å². The van der Waals surface area contributed by atoms with Gasteiger partial charge >= 0.3 is 0 Å². The van der Waals surface area contributed by atoms with E-state index >= 15 is 0 Å². The van der Waals surface area contributed by atoms with Crippen LogP contribution in [-0.2, 0) is 6.61 Å². The third kappa shape index (κ3) is 3.31. The maximum absolute atomic E-state index is 10.8. The molecule has 0 radical (unpaired) electrons. The molecular formula is C16H15ClO3. The number of methoxy groups -OCH3 is 1. The van der Waals surface area contributed by atoms with Gasteiger partial charge in [0.2, 0.25) is 0 Å². The van der Waals surface area contributed by atoms with Crippen LogP contribution in [0, 0.1) is 6.92 Å². The van der Waals surface area contributed by atoms with Gasteiger partial charge in [0.15, 0.2) is 0 Å². The molecule has 0 aliphatic heterocycles. The summed E-state index contributed by atoms with van der Waals surface area (Å²) in [5, 5.41) is 0.624. The van der Waals surface area contributed by atoms with Crippen LogP contribution in [0.4, 0.5) is 0 Å². The van der Waals surface area contributed by atoms with Crippen LogP contribution in [0.1, 0.15) is 21.5 Å². The van der Waals surface area contributed by atoms with Crippen LogP contribution in [-0.4, -0.2) is 13.4 Å². The van der Waals surface area contributed by atoms with Gasteiger partial charge in [-0.2, -0.15) is 0 Å². The van der Waals surface area contributed by atoms with Gasteiger partial charge in [-0.15, -0.1) is 0 Å². The third-order valence-corrected chi connectivity index (χ3v) is 3.21. The minimum Gasteiger partial charge on any atom is -0.496 e. The van der Waals surface area contributed by atoms with Gasteiger partial charge in [-0.3, -0.25) is 4.79 Å². The molecule has 0 atom stereocenters. The van der Waals surface area contributed by atoms with E-state index in [-0.39, 0.29) is 0 Å². The summed E-state index contributed by atoms with van der Waals surface area (Å²) in [4.78, 5) is 10.8. The Morgan fingerprint density at radius 3 is 2.65 bits per heavy atom. The van der Waals surface area contributed by atoms with E-state index in [1.54, 1.807) is 31.4 Å². The van der Waals surface area contributed by atoms with Crippen LogP contribution < -0.4 is 9.47 Å². The Hall–Kier alpha value is -2.00. The van der Waals surface area contributed by atoms with E-state index in [0.29, 0.717) is 22.9 Å². The first-order valence-electron chi connectivity index (χ1n) is 6.15. The number of carbonyl (C=O) groups is 1. The highest BCUT2D eigenvalue weighted by molar-refractivity contribution is 6.30. The van der Waals surface area contributed by atoms with Crippen molar-refractivity contribution in [2.45, 2.75) is 13.5 Å². The third-order valence-electron chi connectivity index (χ3n) is 2.97. The lowest BCUT2D eigenvalue weighted by Crippen LogP contribution is -2.01. The molecule has 2 rings (SSSR count). The molecule has 20 heavy (non-hydrogen) atoms. The average molecular weight is 291 g/mol. The predicted molar refractivity (Wildman–Crippen MR) is 78.9 cm³/mol. The van der Waals surface area contributed by atoms with Crippen molar-refractivity contribution in [2.75, 3.05) is 7.11 Å². The molecule has 0 saturated carbocycles. The first-order chi connectivity index (χ1) is 9.63. The number of aldehydes is 1. The van der Waals surface area contributed by atoms with Gasteiger partial charge in [0.1, 0.15) is 24.4 Å². The molecule has 104 valence electrons. The van der Waals surface area contributed by atoms with Gasteiger partial charge in [-0.25, -0.2) is 0 Å². The second-order valence-electron chi connectivity index (χ2n) is 4.39. The molecule has 0 aliphatic carbocycles. The molecule has 4 heteroatoms. The van der Waals surface area contributed by atoms with E-state index in [2.05, 4.69) is 0 Å². The largest absolute Gasteiger partial charge is 0.496 e. The second kappa shape index (κ2) is 6.44. The van der Waals surface area contributed by atoms with Crippen molar-refractivity contribution < 1.29 is 14.3 Å². The van der Waals surface area contributed by atoms with Crippen molar-refractivity contribution in [1.82, 2.24) is 0 Å².